The van der Waals surface area contributed by atoms with Crippen LogP contribution in [0.15, 0.2) is 42.6 Å². The molecule has 0 atom stereocenters. The van der Waals surface area contributed by atoms with Gasteiger partial charge in [0.2, 0.25) is 0 Å². The highest BCUT2D eigenvalue weighted by molar-refractivity contribution is 5.94. The molecular weight excluding hydrogens is 264 g/mol. The molecule has 0 spiro atoms. The molecule has 108 valence electrons. The van der Waals surface area contributed by atoms with E-state index in [0.717, 1.165) is 19.4 Å². The molecule has 0 bridgehead atoms. The first-order chi connectivity index (χ1) is 10.3. The monoisotopic (exact) mass is 282 g/mol. The van der Waals surface area contributed by atoms with Crippen molar-refractivity contribution in [3.63, 3.8) is 0 Å². The van der Waals surface area contributed by atoms with Gasteiger partial charge in [-0.15, -0.1) is 0 Å². The Labute approximate surface area is 123 Å². The summed E-state index contributed by atoms with van der Waals surface area (Å²) in [5.41, 5.74) is 5.65. The molecule has 1 aromatic heterocycles. The molecule has 5 heteroatoms. The van der Waals surface area contributed by atoms with E-state index in [1.54, 1.807) is 18.3 Å². The molecule has 1 aliphatic rings. The van der Waals surface area contributed by atoms with Crippen LogP contribution < -0.4 is 11.3 Å². The van der Waals surface area contributed by atoms with E-state index in [1.807, 2.05) is 11.0 Å². The van der Waals surface area contributed by atoms with Gasteiger partial charge in [0.05, 0.1) is 0 Å². The summed E-state index contributed by atoms with van der Waals surface area (Å²) in [4.78, 5) is 18.6. The number of nitrogens with two attached hydrogens (primary N) is 1. The largest absolute Gasteiger partial charge is 0.334 e. The molecule has 1 aliphatic heterocycles. The van der Waals surface area contributed by atoms with Crippen molar-refractivity contribution in [2.75, 3.05) is 12.0 Å². The minimum absolute atomic E-state index is 0.0191. The Morgan fingerprint density at radius 3 is 2.86 bits per heavy atom. The second kappa shape index (κ2) is 5.93. The Morgan fingerprint density at radius 1 is 1.24 bits per heavy atom. The summed E-state index contributed by atoms with van der Waals surface area (Å²) in [5, 5.41) is 0. The van der Waals surface area contributed by atoms with Crippen LogP contribution in [-0.4, -0.2) is 22.3 Å². The molecule has 3 rings (SSSR count). The summed E-state index contributed by atoms with van der Waals surface area (Å²) in [5.74, 6) is 5.86. The number of fused-ring (bicyclic) bond motifs is 1. The lowest BCUT2D eigenvalue weighted by atomic mass is 10.0. The van der Waals surface area contributed by atoms with Crippen molar-refractivity contribution in [3.8, 4) is 0 Å². The van der Waals surface area contributed by atoms with Gasteiger partial charge in [-0.25, -0.2) is 10.8 Å². The molecule has 5 nitrogen and oxygen atoms in total. The maximum Gasteiger partial charge on any atom is 0.254 e. The third-order valence-electron chi connectivity index (χ3n) is 3.80. The van der Waals surface area contributed by atoms with Crippen LogP contribution in [0.25, 0.3) is 0 Å². The SMILES string of the molecule is NNc1cc(C(=O)N2CCCc3ccccc3C2)ccn1. The van der Waals surface area contributed by atoms with Gasteiger partial charge in [0.1, 0.15) is 5.82 Å². The average molecular weight is 282 g/mol. The van der Waals surface area contributed by atoms with E-state index in [0.29, 0.717) is 17.9 Å². The number of carbonyl (C=O) groups is 1. The van der Waals surface area contributed by atoms with Gasteiger partial charge in [-0.1, -0.05) is 24.3 Å². The van der Waals surface area contributed by atoms with Crippen molar-refractivity contribution < 1.29 is 4.79 Å². The fourth-order valence-electron chi connectivity index (χ4n) is 2.70. The Kier molecular flexibility index (Phi) is 3.83. The third kappa shape index (κ3) is 2.87. The number of nitrogens with zero attached hydrogens (tertiary/aromatic N) is 2. The van der Waals surface area contributed by atoms with E-state index < -0.39 is 0 Å². The summed E-state index contributed by atoms with van der Waals surface area (Å²) in [7, 11) is 0. The van der Waals surface area contributed by atoms with E-state index in [1.165, 1.54) is 11.1 Å². The number of benzene rings is 1. The lowest BCUT2D eigenvalue weighted by Crippen LogP contribution is -2.30. The maximum absolute atomic E-state index is 12.7. The lowest BCUT2D eigenvalue weighted by molar-refractivity contribution is 0.0746. The zero-order valence-electron chi connectivity index (χ0n) is 11.7. The molecule has 0 fully saturated rings. The van der Waals surface area contributed by atoms with Gasteiger partial charge in [0.15, 0.2) is 0 Å². The lowest BCUT2D eigenvalue weighted by Gasteiger charge is -2.21. The molecule has 1 amide bonds. The number of aromatic nitrogens is 1. The minimum Gasteiger partial charge on any atom is -0.334 e. The number of hydrazine groups is 1. The van der Waals surface area contributed by atoms with Gasteiger partial charge in [0.25, 0.3) is 5.91 Å². The number of pyridine rings is 1. The van der Waals surface area contributed by atoms with E-state index in [4.69, 9.17) is 5.84 Å². The molecule has 3 N–H and O–H groups in total. The first-order valence-corrected chi connectivity index (χ1v) is 7.06. The quantitative estimate of drug-likeness (QED) is 0.652. The van der Waals surface area contributed by atoms with Gasteiger partial charge in [-0.3, -0.25) is 4.79 Å². The standard InChI is InChI=1S/C16H18N4O/c17-19-15-10-13(7-8-18-15)16(21)20-9-3-6-12-4-1-2-5-14(12)11-20/h1-2,4-5,7-8,10H,3,6,9,11,17H2,(H,18,19). The van der Waals surface area contributed by atoms with Crippen molar-refractivity contribution in [1.29, 1.82) is 0 Å². The first-order valence-electron chi connectivity index (χ1n) is 7.06. The number of rotatable bonds is 2. The zero-order valence-corrected chi connectivity index (χ0v) is 11.7. The summed E-state index contributed by atoms with van der Waals surface area (Å²) in [6.45, 7) is 1.42. The second-order valence-electron chi connectivity index (χ2n) is 5.17. The summed E-state index contributed by atoms with van der Waals surface area (Å²) in [6.07, 6.45) is 3.59. The van der Waals surface area contributed by atoms with Crippen molar-refractivity contribution >= 4 is 11.7 Å². The fraction of sp³-hybridized carbons (Fsp3) is 0.250. The molecule has 2 heterocycles. The number of hydrogen-bond acceptors (Lipinski definition) is 4. The number of carbonyl (C=O) groups excluding carboxylic acids is 1. The average Bonchev–Trinajstić information content (AvgIpc) is 2.76. The van der Waals surface area contributed by atoms with E-state index in [9.17, 15) is 4.79 Å². The van der Waals surface area contributed by atoms with Gasteiger partial charge in [-0.05, 0) is 36.1 Å². The van der Waals surface area contributed by atoms with Gasteiger partial charge in [0, 0.05) is 24.8 Å². The van der Waals surface area contributed by atoms with Gasteiger partial charge in [-0.2, -0.15) is 0 Å². The summed E-state index contributed by atoms with van der Waals surface area (Å²) >= 11 is 0. The van der Waals surface area contributed by atoms with E-state index >= 15 is 0 Å². The third-order valence-corrected chi connectivity index (χ3v) is 3.80. The first kappa shape index (κ1) is 13.6. The van der Waals surface area contributed by atoms with Gasteiger partial charge < -0.3 is 10.3 Å². The molecular formula is C16H18N4O. The highest BCUT2D eigenvalue weighted by atomic mass is 16.2. The van der Waals surface area contributed by atoms with Crippen LogP contribution in [0.4, 0.5) is 5.82 Å². The maximum atomic E-state index is 12.7. The van der Waals surface area contributed by atoms with Gasteiger partial charge >= 0.3 is 0 Å². The Hall–Kier alpha value is -2.40. The Balaban J connectivity index is 1.84. The highest BCUT2D eigenvalue weighted by Crippen LogP contribution is 2.20. The predicted octanol–water partition coefficient (Wildman–Crippen LogP) is 1.96. The Bertz CT molecular complexity index is 656. The van der Waals surface area contributed by atoms with Crippen LogP contribution in [0.1, 0.15) is 27.9 Å². The van der Waals surface area contributed by atoms with Crippen LogP contribution >= 0.6 is 0 Å². The van der Waals surface area contributed by atoms with Crippen molar-refractivity contribution in [2.24, 2.45) is 5.84 Å². The number of nitrogen functional groups attached to an aromatic ring is 1. The van der Waals surface area contributed by atoms with Crippen LogP contribution in [0, 0.1) is 0 Å². The van der Waals surface area contributed by atoms with Crippen molar-refractivity contribution in [2.45, 2.75) is 19.4 Å². The molecule has 0 saturated carbocycles. The van der Waals surface area contributed by atoms with Crippen LogP contribution in [-0.2, 0) is 13.0 Å². The van der Waals surface area contributed by atoms with Crippen LogP contribution in [0.2, 0.25) is 0 Å². The zero-order chi connectivity index (χ0) is 14.7. The minimum atomic E-state index is 0.0191. The molecule has 1 aromatic carbocycles. The summed E-state index contributed by atoms with van der Waals surface area (Å²) < 4.78 is 0. The second-order valence-corrected chi connectivity index (χ2v) is 5.17. The topological polar surface area (TPSA) is 71.2 Å². The number of nitrogens with one attached hydrogen (secondary N) is 1. The smallest absolute Gasteiger partial charge is 0.254 e. The van der Waals surface area contributed by atoms with Crippen molar-refractivity contribution in [3.05, 3.63) is 59.3 Å². The highest BCUT2D eigenvalue weighted by Gasteiger charge is 2.20. The number of anilines is 1. The predicted molar refractivity (Wildman–Crippen MR) is 81.6 cm³/mol. The number of hydrogen-bond donors (Lipinski definition) is 2. The fourth-order valence-corrected chi connectivity index (χ4v) is 2.70. The van der Waals surface area contributed by atoms with Crippen LogP contribution in [0.5, 0.6) is 0 Å². The Morgan fingerprint density at radius 2 is 2.05 bits per heavy atom. The molecule has 2 aromatic rings. The molecule has 0 aliphatic carbocycles. The normalized spacial score (nSPS) is 14.2. The van der Waals surface area contributed by atoms with E-state index in [2.05, 4.69) is 28.6 Å². The number of amides is 1. The molecule has 21 heavy (non-hydrogen) atoms. The van der Waals surface area contributed by atoms with Crippen molar-refractivity contribution in [1.82, 2.24) is 9.88 Å². The van der Waals surface area contributed by atoms with E-state index in [-0.39, 0.29) is 5.91 Å². The number of aryl methyl sites for hydroxylation is 1. The molecule has 0 radical (unpaired) electrons. The molecule has 0 unspecified atom stereocenters. The van der Waals surface area contributed by atoms with Crippen LogP contribution in [0.3, 0.4) is 0 Å². The summed E-state index contributed by atoms with van der Waals surface area (Å²) in [6, 6.07) is 11.7. The molecule has 0 saturated heterocycles.